The van der Waals surface area contributed by atoms with Gasteiger partial charge in [-0.25, -0.2) is 4.79 Å². The van der Waals surface area contributed by atoms with E-state index in [1.165, 1.54) is 11.8 Å². The van der Waals surface area contributed by atoms with Crippen molar-refractivity contribution in [2.75, 3.05) is 19.8 Å². The second-order valence-corrected chi connectivity index (χ2v) is 6.75. The van der Waals surface area contributed by atoms with Crippen LogP contribution < -0.4 is 9.47 Å². The maximum absolute atomic E-state index is 12.5. The van der Waals surface area contributed by atoms with Crippen LogP contribution in [0.4, 0.5) is 0 Å². The van der Waals surface area contributed by atoms with E-state index in [1.54, 1.807) is 19.1 Å². The van der Waals surface area contributed by atoms with E-state index in [-0.39, 0.29) is 12.4 Å². The molecule has 0 atom stereocenters. The van der Waals surface area contributed by atoms with Crippen molar-refractivity contribution >= 4 is 29.6 Å². The van der Waals surface area contributed by atoms with Crippen molar-refractivity contribution in [3.05, 3.63) is 58.5 Å². The number of fused-ring (bicyclic) bond motifs is 1. The lowest BCUT2D eigenvalue weighted by molar-refractivity contribution is -0.145. The second kappa shape index (κ2) is 8.77. The van der Waals surface area contributed by atoms with Crippen LogP contribution in [-0.4, -0.2) is 31.6 Å². The van der Waals surface area contributed by atoms with Gasteiger partial charge in [0, 0.05) is 10.5 Å². The number of hydrogen-bond acceptors (Lipinski definition) is 6. The predicted octanol–water partition coefficient (Wildman–Crippen LogP) is 4.36. The summed E-state index contributed by atoms with van der Waals surface area (Å²) in [5.41, 5.74) is 1.55. The third-order valence-corrected chi connectivity index (χ3v) is 4.89. The minimum Gasteiger partial charge on any atom is -0.490 e. The zero-order chi connectivity index (χ0) is 19.2. The summed E-state index contributed by atoms with van der Waals surface area (Å²) >= 11 is 1.46. The molecule has 2 aromatic rings. The molecular formula is C21H20O5S. The maximum atomic E-state index is 12.5. The fourth-order valence-corrected chi connectivity index (χ4v) is 3.68. The molecule has 27 heavy (non-hydrogen) atoms. The van der Waals surface area contributed by atoms with Crippen molar-refractivity contribution in [1.29, 1.82) is 0 Å². The zero-order valence-electron chi connectivity index (χ0n) is 15.2. The first-order chi connectivity index (χ1) is 13.1. The normalized spacial score (nSPS) is 14.1. The number of hydrogen-bond donors (Lipinski definition) is 0. The number of ketones is 1. The van der Waals surface area contributed by atoms with Gasteiger partial charge in [0.25, 0.3) is 0 Å². The highest BCUT2D eigenvalue weighted by molar-refractivity contribution is 8.04. The Hall–Kier alpha value is -2.73. The van der Waals surface area contributed by atoms with Gasteiger partial charge in [0.2, 0.25) is 5.78 Å². The monoisotopic (exact) mass is 384 g/mol. The van der Waals surface area contributed by atoms with E-state index in [1.807, 2.05) is 43.3 Å². The Kier molecular flexibility index (Phi) is 6.19. The molecule has 6 heteroatoms. The molecule has 0 fully saturated rings. The van der Waals surface area contributed by atoms with Crippen LogP contribution in [0.5, 0.6) is 11.5 Å². The summed E-state index contributed by atoms with van der Waals surface area (Å²) < 4.78 is 16.0. The molecule has 0 bridgehead atoms. The van der Waals surface area contributed by atoms with Crippen molar-refractivity contribution in [2.45, 2.75) is 18.7 Å². The lowest BCUT2D eigenvalue weighted by Gasteiger charge is -2.12. The number of thioether (sulfide) groups is 1. The molecule has 1 heterocycles. The largest absolute Gasteiger partial charge is 0.490 e. The number of ether oxygens (including phenoxy) is 3. The number of benzene rings is 2. The van der Waals surface area contributed by atoms with Crippen LogP contribution in [-0.2, 0) is 9.53 Å². The van der Waals surface area contributed by atoms with Gasteiger partial charge in [-0.2, -0.15) is 0 Å². The summed E-state index contributed by atoms with van der Waals surface area (Å²) in [5, 5.41) is 0. The molecule has 5 nitrogen and oxygen atoms in total. The molecule has 0 spiro atoms. The summed E-state index contributed by atoms with van der Waals surface area (Å²) in [6.07, 6.45) is 1.84. The van der Waals surface area contributed by atoms with Crippen LogP contribution in [0, 0.1) is 0 Å². The van der Waals surface area contributed by atoms with Gasteiger partial charge in [0.1, 0.15) is 0 Å². The van der Waals surface area contributed by atoms with Crippen LogP contribution in [0.2, 0.25) is 0 Å². The molecule has 0 unspecified atom stereocenters. The molecule has 0 amide bonds. The van der Waals surface area contributed by atoms with Crippen molar-refractivity contribution in [3.8, 4) is 11.5 Å². The van der Waals surface area contributed by atoms with E-state index < -0.39 is 5.97 Å². The Morgan fingerprint density at radius 2 is 1.85 bits per heavy atom. The average molecular weight is 384 g/mol. The van der Waals surface area contributed by atoms with Gasteiger partial charge in [-0.15, -0.1) is 0 Å². The van der Waals surface area contributed by atoms with E-state index in [0.717, 1.165) is 16.0 Å². The smallest absolute Gasteiger partial charge is 0.344 e. The summed E-state index contributed by atoms with van der Waals surface area (Å²) in [5.74, 6) is 0.568. The molecular weight excluding hydrogens is 364 g/mol. The molecule has 1 aliphatic heterocycles. The molecule has 0 aromatic heterocycles. The highest BCUT2D eigenvalue weighted by Crippen LogP contribution is 2.41. The molecule has 1 aliphatic rings. The summed E-state index contributed by atoms with van der Waals surface area (Å²) in [7, 11) is 0. The maximum Gasteiger partial charge on any atom is 0.344 e. The van der Waals surface area contributed by atoms with Gasteiger partial charge < -0.3 is 14.2 Å². The number of esters is 1. The zero-order valence-corrected chi connectivity index (χ0v) is 16.0. The van der Waals surface area contributed by atoms with Gasteiger partial charge in [-0.1, -0.05) is 30.0 Å². The standard InChI is InChI=1S/C21H20O5S/c1-3-24-17-11-14(9-10-16(17)26-13-20(22)25-4-2)12-19-21(23)15-7-5-6-8-18(15)27-19/h5-12H,3-4,13H2,1-2H3/b19-12-. The molecule has 0 radical (unpaired) electrons. The van der Waals surface area contributed by atoms with E-state index >= 15 is 0 Å². The van der Waals surface area contributed by atoms with E-state index in [2.05, 4.69) is 0 Å². The van der Waals surface area contributed by atoms with Crippen molar-refractivity contribution in [3.63, 3.8) is 0 Å². The summed E-state index contributed by atoms with van der Waals surface area (Å²) in [6, 6.07) is 12.9. The molecule has 2 aromatic carbocycles. The quantitative estimate of drug-likeness (QED) is 0.522. The highest BCUT2D eigenvalue weighted by Gasteiger charge is 2.25. The van der Waals surface area contributed by atoms with Crippen molar-refractivity contribution in [1.82, 2.24) is 0 Å². The number of carbonyl (C=O) groups is 2. The fourth-order valence-electron chi connectivity index (χ4n) is 2.63. The van der Waals surface area contributed by atoms with Gasteiger partial charge >= 0.3 is 5.97 Å². The highest BCUT2D eigenvalue weighted by atomic mass is 32.2. The Morgan fingerprint density at radius 3 is 2.59 bits per heavy atom. The van der Waals surface area contributed by atoms with Crippen molar-refractivity contribution < 1.29 is 23.8 Å². The number of carbonyl (C=O) groups excluding carboxylic acids is 2. The van der Waals surface area contributed by atoms with Gasteiger partial charge in [0.15, 0.2) is 18.1 Å². The molecule has 0 aliphatic carbocycles. The minimum absolute atomic E-state index is 0.0243. The first kappa shape index (κ1) is 19.0. The Morgan fingerprint density at radius 1 is 1.04 bits per heavy atom. The van der Waals surface area contributed by atoms with E-state index in [0.29, 0.717) is 29.6 Å². The molecule has 0 N–H and O–H groups in total. The minimum atomic E-state index is -0.433. The SMILES string of the molecule is CCOC(=O)COc1ccc(/C=C2\Sc3ccccc3C2=O)cc1OCC. The van der Waals surface area contributed by atoms with Gasteiger partial charge in [-0.3, -0.25) is 4.79 Å². The van der Waals surface area contributed by atoms with Gasteiger partial charge in [0.05, 0.1) is 18.1 Å². The summed E-state index contributed by atoms with van der Waals surface area (Å²) in [4.78, 5) is 25.6. The number of allylic oxidation sites excluding steroid dienone is 1. The predicted molar refractivity (Wildman–Crippen MR) is 104 cm³/mol. The molecule has 3 rings (SSSR count). The van der Waals surface area contributed by atoms with Crippen LogP contribution >= 0.6 is 11.8 Å². The lowest BCUT2D eigenvalue weighted by atomic mass is 10.1. The van der Waals surface area contributed by atoms with E-state index in [4.69, 9.17) is 14.2 Å². The second-order valence-electron chi connectivity index (χ2n) is 5.67. The average Bonchev–Trinajstić information content (AvgIpc) is 2.97. The van der Waals surface area contributed by atoms with Crippen LogP contribution in [0.25, 0.3) is 6.08 Å². The van der Waals surface area contributed by atoms with Crippen molar-refractivity contribution in [2.24, 2.45) is 0 Å². The van der Waals surface area contributed by atoms with E-state index in [9.17, 15) is 9.59 Å². The Labute approximate surface area is 162 Å². The van der Waals surface area contributed by atoms with Crippen LogP contribution in [0.15, 0.2) is 52.3 Å². The van der Waals surface area contributed by atoms with Crippen LogP contribution in [0.1, 0.15) is 29.8 Å². The first-order valence-corrected chi connectivity index (χ1v) is 9.52. The third-order valence-electron chi connectivity index (χ3n) is 3.79. The summed E-state index contributed by atoms with van der Waals surface area (Å²) in [6.45, 7) is 4.19. The Bertz CT molecular complexity index is 888. The lowest BCUT2D eigenvalue weighted by Crippen LogP contribution is -2.15. The topological polar surface area (TPSA) is 61.8 Å². The van der Waals surface area contributed by atoms with Crippen LogP contribution in [0.3, 0.4) is 0 Å². The van der Waals surface area contributed by atoms with Gasteiger partial charge in [-0.05, 0) is 49.8 Å². The fraction of sp³-hybridized carbons (Fsp3) is 0.238. The molecule has 140 valence electrons. The molecule has 0 saturated heterocycles. The number of rotatable bonds is 7. The first-order valence-electron chi connectivity index (χ1n) is 8.71. The molecule has 0 saturated carbocycles. The third kappa shape index (κ3) is 4.52. The Balaban J connectivity index is 1.80. The number of Topliss-reactive ketones (excluding diaryl/α,β-unsaturated/α-hetero) is 1.